The summed E-state index contributed by atoms with van der Waals surface area (Å²) in [5, 5.41) is 14.2. The highest BCUT2D eigenvalue weighted by atomic mass is 79.9. The van der Waals surface area contributed by atoms with Gasteiger partial charge in [-0.15, -0.1) is 0 Å². The molecule has 1 aromatic heterocycles. The van der Waals surface area contributed by atoms with Crippen LogP contribution in [0, 0.1) is 0 Å². The van der Waals surface area contributed by atoms with Gasteiger partial charge in [0.05, 0.1) is 40.8 Å². The number of methoxy groups -OCH3 is 1. The van der Waals surface area contributed by atoms with Gasteiger partial charge in [0.15, 0.2) is 0 Å². The number of amides is 1. The molecule has 1 saturated heterocycles. The molecule has 1 aliphatic rings. The lowest BCUT2D eigenvalue weighted by atomic mass is 10.0. The molecule has 3 atom stereocenters. The van der Waals surface area contributed by atoms with Gasteiger partial charge in [0.25, 0.3) is 5.56 Å². The molecule has 0 aliphatic carbocycles. The number of piperazine rings is 1. The van der Waals surface area contributed by atoms with E-state index in [0.717, 1.165) is 37.3 Å². The first-order chi connectivity index (χ1) is 18.7. The molecule has 1 amide bonds. The van der Waals surface area contributed by atoms with Crippen molar-refractivity contribution in [2.24, 2.45) is 0 Å². The van der Waals surface area contributed by atoms with Gasteiger partial charge in [0.2, 0.25) is 0 Å². The summed E-state index contributed by atoms with van der Waals surface area (Å²) in [7, 11) is 1.58. The number of halogens is 1. The van der Waals surface area contributed by atoms with Gasteiger partial charge in [-0.25, -0.2) is 9.78 Å². The molecule has 210 valence electrons. The third kappa shape index (κ3) is 6.13. The Morgan fingerprint density at radius 3 is 2.56 bits per heavy atom. The Morgan fingerprint density at radius 2 is 1.95 bits per heavy atom. The summed E-state index contributed by atoms with van der Waals surface area (Å²) in [6.07, 6.45) is 0.711. The number of nitrogens with one attached hydrogen (secondary N) is 1. The number of carbonyl (C=O) groups is 1. The van der Waals surface area contributed by atoms with Gasteiger partial charge < -0.3 is 15.2 Å². The summed E-state index contributed by atoms with van der Waals surface area (Å²) in [5.74, 6) is 1.38. The number of ether oxygens (including phenoxy) is 1. The first-order valence-corrected chi connectivity index (χ1v) is 14.3. The third-order valence-electron chi connectivity index (χ3n) is 7.27. The second-order valence-corrected chi connectivity index (χ2v) is 11.1. The number of anilines is 1. The van der Waals surface area contributed by atoms with Crippen molar-refractivity contribution in [1.29, 1.82) is 0 Å². The van der Waals surface area contributed by atoms with Crippen LogP contribution in [-0.2, 0) is 13.1 Å². The third-order valence-corrected chi connectivity index (χ3v) is 8.06. The van der Waals surface area contributed by atoms with Crippen molar-refractivity contribution < 1.29 is 14.6 Å². The summed E-state index contributed by atoms with van der Waals surface area (Å²) < 4.78 is 7.57. The maximum atomic E-state index is 13.8. The Kier molecular flexibility index (Phi) is 9.30. The lowest BCUT2D eigenvalue weighted by Gasteiger charge is -2.41. The molecule has 10 heteroatoms. The molecular weight excluding hydrogens is 562 g/mol. The van der Waals surface area contributed by atoms with Crippen molar-refractivity contribution in [3.8, 4) is 5.75 Å². The summed E-state index contributed by atoms with van der Waals surface area (Å²) in [5.41, 5.74) is 1.58. The van der Waals surface area contributed by atoms with E-state index < -0.39 is 6.09 Å². The highest BCUT2D eigenvalue weighted by Gasteiger charge is 2.31. The lowest BCUT2D eigenvalue weighted by Crippen LogP contribution is -2.55. The van der Waals surface area contributed by atoms with Gasteiger partial charge in [0.1, 0.15) is 11.6 Å². The Morgan fingerprint density at radius 1 is 1.23 bits per heavy atom. The molecule has 0 saturated carbocycles. The number of benzene rings is 2. The predicted octanol–water partition coefficient (Wildman–Crippen LogP) is 5.40. The summed E-state index contributed by atoms with van der Waals surface area (Å²) in [6, 6.07) is 11.3. The Balaban J connectivity index is 1.84. The average molecular weight is 601 g/mol. The Bertz CT molecular complexity index is 1380. The van der Waals surface area contributed by atoms with Crippen molar-refractivity contribution in [2.75, 3.05) is 25.1 Å². The van der Waals surface area contributed by atoms with Crippen LogP contribution in [0.3, 0.4) is 0 Å². The average Bonchev–Trinajstić information content (AvgIpc) is 2.90. The molecule has 0 bridgehead atoms. The quantitative estimate of drug-likeness (QED) is 0.340. The zero-order valence-electron chi connectivity index (χ0n) is 23.3. The van der Waals surface area contributed by atoms with Crippen molar-refractivity contribution in [2.45, 2.75) is 71.8 Å². The van der Waals surface area contributed by atoms with E-state index in [0.29, 0.717) is 45.4 Å². The molecule has 2 aromatic carbocycles. The Hall–Kier alpha value is -2.95. The standard InChI is InChI=1S/C29H38BrN5O4/c1-6-9-24(33-15-18(3)31-19(4)16-33)27-32-26-22(28(36)34(27)7-2)12-13-23(25(26)30)35(29(37)38)17-20-10-8-11-21(14-20)39-5/h8,10-14,18-19,24,31H,6-7,9,15-17H2,1-5H3,(H,37,38)/t18-,19+,24?. The zero-order valence-corrected chi connectivity index (χ0v) is 24.9. The second-order valence-electron chi connectivity index (χ2n) is 10.3. The fourth-order valence-corrected chi connectivity index (χ4v) is 6.26. The van der Waals surface area contributed by atoms with Gasteiger partial charge in [-0.2, -0.15) is 0 Å². The fraction of sp³-hybridized carbons (Fsp3) is 0.483. The maximum absolute atomic E-state index is 13.8. The molecule has 1 unspecified atom stereocenters. The summed E-state index contributed by atoms with van der Waals surface area (Å²) >= 11 is 3.65. The number of aromatic nitrogens is 2. The number of hydrogen-bond donors (Lipinski definition) is 2. The van der Waals surface area contributed by atoms with E-state index in [-0.39, 0.29) is 18.1 Å². The molecule has 39 heavy (non-hydrogen) atoms. The first kappa shape index (κ1) is 29.0. The number of nitrogens with zero attached hydrogens (tertiary/aromatic N) is 4. The van der Waals surface area contributed by atoms with E-state index in [1.165, 1.54) is 4.90 Å². The van der Waals surface area contributed by atoms with Crippen LogP contribution in [0.1, 0.15) is 58.0 Å². The van der Waals surface area contributed by atoms with Crippen molar-refractivity contribution in [3.63, 3.8) is 0 Å². The molecule has 0 radical (unpaired) electrons. The van der Waals surface area contributed by atoms with Crippen LogP contribution < -0.4 is 20.5 Å². The molecule has 1 fully saturated rings. The van der Waals surface area contributed by atoms with Crippen LogP contribution >= 0.6 is 15.9 Å². The molecule has 3 aromatic rings. The monoisotopic (exact) mass is 599 g/mol. The number of carboxylic acid groups (broad SMARTS) is 1. The molecule has 0 spiro atoms. The van der Waals surface area contributed by atoms with Crippen molar-refractivity contribution in [1.82, 2.24) is 19.8 Å². The molecule has 4 rings (SSSR count). The smallest absolute Gasteiger partial charge is 0.412 e. The largest absolute Gasteiger partial charge is 0.497 e. The van der Waals surface area contributed by atoms with Gasteiger partial charge in [0, 0.05) is 31.7 Å². The van der Waals surface area contributed by atoms with Crippen molar-refractivity contribution >= 4 is 38.6 Å². The van der Waals surface area contributed by atoms with E-state index >= 15 is 0 Å². The van der Waals surface area contributed by atoms with Gasteiger partial charge in [-0.05, 0) is 73.0 Å². The summed E-state index contributed by atoms with van der Waals surface area (Å²) in [6.45, 7) is 10.8. The van der Waals surface area contributed by atoms with Crippen LogP contribution in [0.25, 0.3) is 10.9 Å². The van der Waals surface area contributed by atoms with E-state index in [9.17, 15) is 14.7 Å². The normalized spacial score (nSPS) is 18.7. The predicted molar refractivity (Wildman–Crippen MR) is 158 cm³/mol. The van der Waals surface area contributed by atoms with Crippen molar-refractivity contribution in [3.05, 3.63) is 62.6 Å². The molecular formula is C29H38BrN5O4. The SMILES string of the molecule is CCCC(c1nc2c(Br)c(N(Cc3cccc(OC)c3)C(=O)O)ccc2c(=O)n1CC)N1C[C@@H](C)N[C@@H](C)C1. The fourth-order valence-electron chi connectivity index (χ4n) is 5.61. The van der Waals surface area contributed by atoms with Gasteiger partial charge in [-0.3, -0.25) is 19.2 Å². The van der Waals surface area contributed by atoms with Crippen LogP contribution in [0.15, 0.2) is 45.7 Å². The molecule has 9 nitrogen and oxygen atoms in total. The molecule has 1 aliphatic heterocycles. The van der Waals surface area contributed by atoms with E-state index in [2.05, 4.69) is 46.9 Å². The van der Waals surface area contributed by atoms with Crippen LogP contribution in [0.4, 0.5) is 10.5 Å². The number of hydrogen-bond acceptors (Lipinski definition) is 6. The highest BCUT2D eigenvalue weighted by Crippen LogP contribution is 2.35. The molecule has 2 N–H and O–H groups in total. The van der Waals surface area contributed by atoms with E-state index in [1.54, 1.807) is 23.8 Å². The molecule has 2 heterocycles. The first-order valence-electron chi connectivity index (χ1n) is 13.5. The van der Waals surface area contributed by atoms with Gasteiger partial charge >= 0.3 is 6.09 Å². The topological polar surface area (TPSA) is 99.9 Å². The second kappa shape index (κ2) is 12.5. The number of fused-ring (bicyclic) bond motifs is 1. The highest BCUT2D eigenvalue weighted by molar-refractivity contribution is 9.10. The van der Waals surface area contributed by atoms with Crippen LogP contribution in [0.2, 0.25) is 0 Å². The minimum atomic E-state index is -1.10. The maximum Gasteiger partial charge on any atom is 0.412 e. The Labute approximate surface area is 237 Å². The lowest BCUT2D eigenvalue weighted by molar-refractivity contribution is 0.109. The zero-order chi connectivity index (χ0) is 28.3. The minimum absolute atomic E-state index is 0.0260. The minimum Gasteiger partial charge on any atom is -0.497 e. The van der Waals surface area contributed by atoms with E-state index in [4.69, 9.17) is 9.72 Å². The van der Waals surface area contributed by atoms with Gasteiger partial charge in [-0.1, -0.05) is 25.5 Å². The van der Waals surface area contributed by atoms with Crippen LogP contribution in [-0.4, -0.2) is 57.9 Å². The summed E-state index contributed by atoms with van der Waals surface area (Å²) in [4.78, 5) is 35.0. The number of rotatable bonds is 9. The van der Waals surface area contributed by atoms with E-state index in [1.807, 2.05) is 31.2 Å². The van der Waals surface area contributed by atoms with Crippen LogP contribution in [0.5, 0.6) is 5.75 Å².